The van der Waals surface area contributed by atoms with Gasteiger partial charge in [0.25, 0.3) is 11.2 Å². The number of ether oxygens (including phenoxy) is 1. The minimum absolute atomic E-state index is 0.0914. The van der Waals surface area contributed by atoms with Gasteiger partial charge in [0.05, 0.1) is 35.6 Å². The Kier molecular flexibility index (Phi) is 4.33. The van der Waals surface area contributed by atoms with Crippen molar-refractivity contribution in [3.05, 3.63) is 38.7 Å². The second kappa shape index (κ2) is 5.98. The predicted octanol–water partition coefficient (Wildman–Crippen LogP) is 1.65. The summed E-state index contributed by atoms with van der Waals surface area (Å²) in [6, 6.07) is 4.23. The van der Waals surface area contributed by atoms with Crippen LogP contribution in [0.25, 0.3) is 10.9 Å². The van der Waals surface area contributed by atoms with Crippen molar-refractivity contribution in [1.82, 2.24) is 9.78 Å². The van der Waals surface area contributed by atoms with E-state index in [1.54, 1.807) is 10.7 Å². The summed E-state index contributed by atoms with van der Waals surface area (Å²) < 4.78 is 6.94. The minimum atomic E-state index is -0.519. The summed E-state index contributed by atoms with van der Waals surface area (Å²) in [5, 5.41) is 14.4. The zero-order chi connectivity index (χ0) is 13.8. The highest BCUT2D eigenvalue weighted by Gasteiger charge is 2.12. The molecule has 0 radical (unpaired) electrons. The molecule has 8 heteroatoms. The van der Waals surface area contributed by atoms with Gasteiger partial charge in [-0.05, 0) is 6.07 Å². The molecule has 0 unspecified atom stereocenters. The minimum Gasteiger partial charge on any atom is -0.379 e. The molecule has 1 aromatic carbocycles. The van der Waals surface area contributed by atoms with Gasteiger partial charge in [-0.15, -0.1) is 0 Å². The molecule has 102 valence electrons. The van der Waals surface area contributed by atoms with Crippen molar-refractivity contribution in [1.29, 1.82) is 0 Å². The molecule has 2 aromatic rings. The average Bonchev–Trinajstić information content (AvgIpc) is 2.71. The molecular weight excluding hydrogens is 318 g/mol. The lowest BCUT2D eigenvalue weighted by molar-refractivity contribution is -0.384. The third-order valence-electron chi connectivity index (χ3n) is 2.64. The maximum Gasteiger partial charge on any atom is 0.272 e. The number of fused-ring (bicyclic) bond motifs is 1. The summed E-state index contributed by atoms with van der Waals surface area (Å²) in [6.07, 6.45) is 0. The number of nitro groups is 1. The van der Waals surface area contributed by atoms with Crippen LogP contribution < -0.4 is 5.56 Å². The van der Waals surface area contributed by atoms with Crippen LogP contribution in [0.4, 0.5) is 5.69 Å². The van der Waals surface area contributed by atoms with Crippen molar-refractivity contribution in [3.8, 4) is 0 Å². The number of non-ortho nitro benzene ring substituents is 1. The van der Waals surface area contributed by atoms with E-state index in [2.05, 4.69) is 21.0 Å². The van der Waals surface area contributed by atoms with Crippen LogP contribution in [0.2, 0.25) is 0 Å². The van der Waals surface area contributed by atoms with E-state index in [1.165, 1.54) is 12.1 Å². The van der Waals surface area contributed by atoms with Gasteiger partial charge in [0.1, 0.15) is 0 Å². The maximum absolute atomic E-state index is 11.7. The van der Waals surface area contributed by atoms with E-state index >= 15 is 0 Å². The quantitative estimate of drug-likeness (QED) is 0.377. The Morgan fingerprint density at radius 1 is 1.42 bits per heavy atom. The van der Waals surface area contributed by atoms with Gasteiger partial charge in [-0.1, -0.05) is 15.9 Å². The first kappa shape index (κ1) is 13.8. The Balaban J connectivity index is 2.27. The molecule has 0 aliphatic carbocycles. The average molecular weight is 330 g/mol. The number of aromatic amines is 1. The highest BCUT2D eigenvalue weighted by Crippen LogP contribution is 2.17. The van der Waals surface area contributed by atoms with E-state index in [1.807, 2.05) is 0 Å². The van der Waals surface area contributed by atoms with E-state index in [9.17, 15) is 14.9 Å². The van der Waals surface area contributed by atoms with Gasteiger partial charge < -0.3 is 4.74 Å². The molecule has 2 rings (SSSR count). The van der Waals surface area contributed by atoms with Crippen LogP contribution in [0.5, 0.6) is 0 Å². The number of benzene rings is 1. The van der Waals surface area contributed by atoms with Gasteiger partial charge >= 0.3 is 0 Å². The third-order valence-corrected chi connectivity index (χ3v) is 2.97. The lowest BCUT2D eigenvalue weighted by Gasteiger charge is -2.04. The fourth-order valence-corrected chi connectivity index (χ4v) is 2.02. The van der Waals surface area contributed by atoms with Crippen LogP contribution in [0.1, 0.15) is 0 Å². The Morgan fingerprint density at radius 3 is 2.89 bits per heavy atom. The first-order chi connectivity index (χ1) is 9.13. The van der Waals surface area contributed by atoms with E-state index < -0.39 is 4.92 Å². The van der Waals surface area contributed by atoms with E-state index in [0.717, 1.165) is 5.33 Å². The number of rotatable bonds is 6. The molecule has 0 amide bonds. The number of nitrogens with one attached hydrogen (secondary N) is 1. The molecule has 1 aromatic heterocycles. The molecule has 1 N–H and O–H groups in total. The number of halogens is 1. The first-order valence-corrected chi connectivity index (χ1v) is 6.76. The van der Waals surface area contributed by atoms with Crippen molar-refractivity contribution in [2.24, 2.45) is 0 Å². The maximum atomic E-state index is 11.7. The number of aromatic nitrogens is 2. The molecule has 7 nitrogen and oxygen atoms in total. The van der Waals surface area contributed by atoms with Gasteiger partial charge in [-0.2, -0.15) is 0 Å². The van der Waals surface area contributed by atoms with Crippen molar-refractivity contribution >= 4 is 32.5 Å². The highest BCUT2D eigenvalue weighted by atomic mass is 79.9. The Labute approximate surface area is 116 Å². The molecule has 0 atom stereocenters. The molecule has 0 bridgehead atoms. The lowest BCUT2D eigenvalue weighted by Crippen LogP contribution is -2.11. The molecule has 0 saturated carbocycles. The summed E-state index contributed by atoms with van der Waals surface area (Å²) >= 11 is 3.25. The van der Waals surface area contributed by atoms with Crippen LogP contribution in [0.3, 0.4) is 0 Å². The smallest absolute Gasteiger partial charge is 0.272 e. The topological polar surface area (TPSA) is 90.2 Å². The second-order valence-electron chi connectivity index (χ2n) is 3.85. The first-order valence-electron chi connectivity index (χ1n) is 5.64. The van der Waals surface area contributed by atoms with Gasteiger partial charge in [0.15, 0.2) is 0 Å². The zero-order valence-electron chi connectivity index (χ0n) is 9.97. The molecular formula is C11H12BrN3O4. The molecule has 0 aliphatic heterocycles. The van der Waals surface area contributed by atoms with Gasteiger partial charge in [0.2, 0.25) is 0 Å². The zero-order valence-corrected chi connectivity index (χ0v) is 11.6. The number of H-pyrrole nitrogens is 1. The summed E-state index contributed by atoms with van der Waals surface area (Å²) in [4.78, 5) is 21.9. The highest BCUT2D eigenvalue weighted by molar-refractivity contribution is 9.09. The SMILES string of the molecule is O=c1[nH]n(CCOCCBr)c2ccc([N+](=O)[O-])cc12. The molecule has 19 heavy (non-hydrogen) atoms. The van der Waals surface area contributed by atoms with Crippen LogP contribution in [0, 0.1) is 10.1 Å². The molecule has 0 spiro atoms. The van der Waals surface area contributed by atoms with E-state index in [-0.39, 0.29) is 11.2 Å². The molecule has 0 fully saturated rings. The normalized spacial score (nSPS) is 11.0. The van der Waals surface area contributed by atoms with Crippen molar-refractivity contribution in [2.75, 3.05) is 18.5 Å². The summed E-state index contributed by atoms with van der Waals surface area (Å²) in [7, 11) is 0. The molecule has 0 saturated heterocycles. The van der Waals surface area contributed by atoms with Gasteiger partial charge in [0, 0.05) is 17.5 Å². The van der Waals surface area contributed by atoms with Crippen molar-refractivity contribution in [3.63, 3.8) is 0 Å². The van der Waals surface area contributed by atoms with Crippen LogP contribution in [-0.2, 0) is 11.3 Å². The summed E-state index contributed by atoms with van der Waals surface area (Å²) in [5.74, 6) is 0. The third kappa shape index (κ3) is 3.02. The monoisotopic (exact) mass is 329 g/mol. The fourth-order valence-electron chi connectivity index (χ4n) is 1.79. The standard InChI is InChI=1S/C11H12BrN3O4/c12-3-5-19-6-4-14-10-2-1-8(15(17)18)7-9(10)11(16)13-14/h1-2,7H,3-6H2,(H,13,16). The Morgan fingerprint density at radius 2 is 2.21 bits per heavy atom. The van der Waals surface area contributed by atoms with Gasteiger partial charge in [-0.3, -0.25) is 24.7 Å². The van der Waals surface area contributed by atoms with Gasteiger partial charge in [-0.25, -0.2) is 0 Å². The van der Waals surface area contributed by atoms with E-state index in [0.29, 0.717) is 30.7 Å². The second-order valence-corrected chi connectivity index (χ2v) is 4.65. The van der Waals surface area contributed by atoms with Crippen molar-refractivity contribution < 1.29 is 9.66 Å². The number of nitro benzene ring substituents is 1. The number of hydrogen-bond donors (Lipinski definition) is 1. The van der Waals surface area contributed by atoms with Crippen LogP contribution in [0.15, 0.2) is 23.0 Å². The fraction of sp³-hybridized carbons (Fsp3) is 0.364. The number of nitrogens with zero attached hydrogens (tertiary/aromatic N) is 2. The largest absolute Gasteiger partial charge is 0.379 e. The predicted molar refractivity (Wildman–Crippen MR) is 73.8 cm³/mol. The van der Waals surface area contributed by atoms with E-state index in [4.69, 9.17) is 4.74 Å². The Bertz CT molecular complexity index is 649. The number of hydrogen-bond acceptors (Lipinski definition) is 4. The van der Waals surface area contributed by atoms with Crippen LogP contribution >= 0.6 is 15.9 Å². The number of alkyl halides is 1. The van der Waals surface area contributed by atoms with Crippen molar-refractivity contribution in [2.45, 2.75) is 6.54 Å². The Hall–Kier alpha value is -1.67. The van der Waals surface area contributed by atoms with Crippen LogP contribution in [-0.4, -0.2) is 33.2 Å². The lowest BCUT2D eigenvalue weighted by atomic mass is 10.2. The molecule has 1 heterocycles. The summed E-state index contributed by atoms with van der Waals surface area (Å²) in [5.41, 5.74) is 0.212. The molecule has 0 aliphatic rings. The summed E-state index contributed by atoms with van der Waals surface area (Å²) in [6.45, 7) is 1.54.